The van der Waals surface area contributed by atoms with Crippen LogP contribution in [0.3, 0.4) is 0 Å². The van der Waals surface area contributed by atoms with Crippen LogP contribution in [0.5, 0.6) is 0 Å². The van der Waals surface area contributed by atoms with Crippen LogP contribution in [0.4, 0.5) is 5.69 Å². The lowest BCUT2D eigenvalue weighted by Crippen LogP contribution is -2.14. The van der Waals surface area contributed by atoms with Gasteiger partial charge in [0.2, 0.25) is 5.91 Å². The van der Waals surface area contributed by atoms with Crippen molar-refractivity contribution in [3.8, 4) is 17.1 Å². The van der Waals surface area contributed by atoms with E-state index in [1.165, 1.54) is 41.3 Å². The molecule has 0 saturated carbocycles. The minimum atomic E-state index is -0.0687. The van der Waals surface area contributed by atoms with Crippen LogP contribution in [-0.4, -0.2) is 26.4 Å². The second-order valence-corrected chi connectivity index (χ2v) is 11.4. The van der Waals surface area contributed by atoms with Gasteiger partial charge in [-0.25, -0.2) is 0 Å². The summed E-state index contributed by atoms with van der Waals surface area (Å²) in [5, 5.41) is 12.7. The summed E-state index contributed by atoms with van der Waals surface area (Å²) < 4.78 is 2.03. The van der Waals surface area contributed by atoms with Gasteiger partial charge in [-0.3, -0.25) is 9.36 Å². The first kappa shape index (κ1) is 26.7. The number of aryl methyl sites for hydroxylation is 2. The van der Waals surface area contributed by atoms with Gasteiger partial charge in [0.15, 0.2) is 11.0 Å². The number of aromatic nitrogens is 3. The molecule has 4 aromatic rings. The number of hydrogen-bond acceptors (Lipinski definition) is 4. The molecule has 0 aliphatic carbocycles. The van der Waals surface area contributed by atoms with Crippen molar-refractivity contribution in [2.45, 2.75) is 64.5 Å². The van der Waals surface area contributed by atoms with Gasteiger partial charge >= 0.3 is 0 Å². The van der Waals surface area contributed by atoms with Crippen molar-refractivity contribution >= 4 is 23.4 Å². The molecule has 0 fully saturated rings. The SMILES string of the molecule is CCCCc1ccc(NC(=O)CSc2nnc(-c3ccc(C(C)(C)C)cc3)n2-c2ccc(C)cc2)cc1. The van der Waals surface area contributed by atoms with Gasteiger partial charge in [0.05, 0.1) is 5.75 Å². The van der Waals surface area contributed by atoms with E-state index in [1.54, 1.807) is 0 Å². The molecule has 192 valence electrons. The zero-order valence-electron chi connectivity index (χ0n) is 22.4. The summed E-state index contributed by atoms with van der Waals surface area (Å²) in [5.41, 5.74) is 6.59. The lowest BCUT2D eigenvalue weighted by atomic mass is 9.87. The van der Waals surface area contributed by atoms with Crippen LogP contribution in [0.15, 0.2) is 78.0 Å². The summed E-state index contributed by atoms with van der Waals surface area (Å²) in [7, 11) is 0. The Morgan fingerprint density at radius 2 is 1.59 bits per heavy atom. The molecule has 5 nitrogen and oxygen atoms in total. The predicted molar refractivity (Wildman–Crippen MR) is 155 cm³/mol. The number of nitrogens with zero attached hydrogens (tertiary/aromatic N) is 3. The molecule has 1 aromatic heterocycles. The number of carbonyl (C=O) groups excluding carboxylic acids is 1. The highest BCUT2D eigenvalue weighted by Crippen LogP contribution is 2.30. The number of thioether (sulfide) groups is 1. The first-order valence-corrected chi connectivity index (χ1v) is 13.9. The lowest BCUT2D eigenvalue weighted by molar-refractivity contribution is -0.113. The van der Waals surface area contributed by atoms with Crippen molar-refractivity contribution < 1.29 is 4.79 Å². The number of carbonyl (C=O) groups is 1. The fraction of sp³-hybridized carbons (Fsp3) is 0.323. The van der Waals surface area contributed by atoms with Crippen molar-refractivity contribution in [2.24, 2.45) is 0 Å². The monoisotopic (exact) mass is 512 g/mol. The molecule has 3 aromatic carbocycles. The molecule has 6 heteroatoms. The van der Waals surface area contributed by atoms with E-state index in [0.29, 0.717) is 5.16 Å². The van der Waals surface area contributed by atoms with E-state index >= 15 is 0 Å². The maximum absolute atomic E-state index is 12.8. The molecule has 0 radical (unpaired) electrons. The zero-order valence-corrected chi connectivity index (χ0v) is 23.2. The Bertz CT molecular complexity index is 1320. The van der Waals surface area contributed by atoms with Crippen molar-refractivity contribution in [3.63, 3.8) is 0 Å². The molecule has 1 amide bonds. The minimum absolute atomic E-state index is 0.0687. The lowest BCUT2D eigenvalue weighted by Gasteiger charge is -2.19. The molecule has 0 aliphatic heterocycles. The van der Waals surface area contributed by atoms with Crippen LogP contribution in [0.25, 0.3) is 17.1 Å². The van der Waals surface area contributed by atoms with E-state index in [1.807, 2.05) is 16.7 Å². The van der Waals surface area contributed by atoms with Crippen LogP contribution in [-0.2, 0) is 16.6 Å². The third-order valence-corrected chi connectivity index (χ3v) is 7.25. The van der Waals surface area contributed by atoms with E-state index < -0.39 is 0 Å². The van der Waals surface area contributed by atoms with Gasteiger partial charge in [0.25, 0.3) is 0 Å². The topological polar surface area (TPSA) is 59.8 Å². The summed E-state index contributed by atoms with van der Waals surface area (Å²) in [6.07, 6.45) is 3.41. The predicted octanol–water partition coefficient (Wildman–Crippen LogP) is 7.61. The van der Waals surface area contributed by atoms with Gasteiger partial charge in [-0.05, 0) is 60.6 Å². The molecule has 1 N–H and O–H groups in total. The number of unbranched alkanes of at least 4 members (excludes halogenated alkanes) is 1. The number of anilines is 1. The smallest absolute Gasteiger partial charge is 0.234 e. The zero-order chi connectivity index (χ0) is 26.4. The van der Waals surface area contributed by atoms with Gasteiger partial charge in [-0.1, -0.05) is 100.0 Å². The molecular weight excluding hydrogens is 476 g/mol. The van der Waals surface area contributed by atoms with Gasteiger partial charge in [-0.15, -0.1) is 10.2 Å². The third-order valence-electron chi connectivity index (χ3n) is 6.32. The van der Waals surface area contributed by atoms with Gasteiger partial charge in [-0.2, -0.15) is 0 Å². The summed E-state index contributed by atoms with van der Waals surface area (Å²) in [4.78, 5) is 12.8. The second-order valence-electron chi connectivity index (χ2n) is 10.4. The van der Waals surface area contributed by atoms with E-state index in [9.17, 15) is 4.79 Å². The summed E-state index contributed by atoms with van der Waals surface area (Å²) in [6.45, 7) is 10.9. The molecule has 1 heterocycles. The molecule has 37 heavy (non-hydrogen) atoms. The highest BCUT2D eigenvalue weighted by atomic mass is 32.2. The summed E-state index contributed by atoms with van der Waals surface area (Å²) >= 11 is 1.39. The molecule has 0 unspecified atom stereocenters. The Balaban J connectivity index is 1.53. The van der Waals surface area contributed by atoms with E-state index in [2.05, 4.69) is 111 Å². The Hall–Kier alpha value is -3.38. The highest BCUT2D eigenvalue weighted by molar-refractivity contribution is 7.99. The van der Waals surface area contributed by atoms with Crippen molar-refractivity contribution in [1.29, 1.82) is 0 Å². The van der Waals surface area contributed by atoms with Gasteiger partial charge in [0.1, 0.15) is 0 Å². The van der Waals surface area contributed by atoms with Gasteiger partial charge < -0.3 is 5.32 Å². The average molecular weight is 513 g/mol. The van der Waals surface area contributed by atoms with Crippen LogP contribution >= 0.6 is 11.8 Å². The maximum atomic E-state index is 12.8. The third kappa shape index (κ3) is 6.89. The fourth-order valence-electron chi connectivity index (χ4n) is 4.06. The fourth-order valence-corrected chi connectivity index (χ4v) is 4.81. The van der Waals surface area contributed by atoms with Crippen LogP contribution in [0.1, 0.15) is 57.2 Å². The minimum Gasteiger partial charge on any atom is -0.325 e. The first-order chi connectivity index (χ1) is 17.7. The number of benzene rings is 3. The molecular formula is C31H36N4OS. The molecule has 0 saturated heterocycles. The average Bonchev–Trinajstić information content (AvgIpc) is 3.31. The Morgan fingerprint density at radius 3 is 2.22 bits per heavy atom. The van der Waals surface area contributed by atoms with Crippen molar-refractivity contribution in [1.82, 2.24) is 14.8 Å². The van der Waals surface area contributed by atoms with Crippen LogP contribution in [0, 0.1) is 6.92 Å². The van der Waals surface area contributed by atoms with Crippen LogP contribution < -0.4 is 5.32 Å². The van der Waals surface area contributed by atoms with Gasteiger partial charge in [0, 0.05) is 16.9 Å². The summed E-state index contributed by atoms with van der Waals surface area (Å²) in [6, 6.07) is 24.9. The standard InChI is InChI=1S/C31H36N4OS/c1-6-7-8-23-11-17-26(18-12-23)32-28(36)21-37-30-34-33-29(35(30)27-19-9-22(2)10-20-27)24-13-15-25(16-14-24)31(3,4)5/h9-20H,6-8,21H2,1-5H3,(H,32,36). The maximum Gasteiger partial charge on any atom is 0.234 e. The number of hydrogen-bond donors (Lipinski definition) is 1. The normalized spacial score (nSPS) is 11.5. The molecule has 0 aliphatic rings. The Labute approximate surface area is 224 Å². The second kappa shape index (κ2) is 11.8. The summed E-state index contributed by atoms with van der Waals surface area (Å²) in [5.74, 6) is 0.931. The van der Waals surface area contributed by atoms with E-state index in [0.717, 1.165) is 29.2 Å². The number of nitrogens with one attached hydrogen (secondary N) is 1. The van der Waals surface area contributed by atoms with Crippen molar-refractivity contribution in [2.75, 3.05) is 11.1 Å². The molecule has 0 bridgehead atoms. The Kier molecular flexibility index (Phi) is 8.49. The number of rotatable bonds is 9. The van der Waals surface area contributed by atoms with E-state index in [4.69, 9.17) is 0 Å². The quantitative estimate of drug-likeness (QED) is 0.234. The van der Waals surface area contributed by atoms with Crippen LogP contribution in [0.2, 0.25) is 0 Å². The number of amides is 1. The Morgan fingerprint density at radius 1 is 0.919 bits per heavy atom. The van der Waals surface area contributed by atoms with Crippen molar-refractivity contribution in [3.05, 3.63) is 89.5 Å². The van der Waals surface area contributed by atoms with E-state index in [-0.39, 0.29) is 17.1 Å². The largest absolute Gasteiger partial charge is 0.325 e. The molecule has 0 spiro atoms. The highest BCUT2D eigenvalue weighted by Gasteiger charge is 2.19. The molecule has 4 rings (SSSR count). The molecule has 0 atom stereocenters. The first-order valence-electron chi connectivity index (χ1n) is 12.9.